The largest absolute Gasteiger partial charge is 0.378 e. The molecule has 26 heavy (non-hydrogen) atoms. The summed E-state index contributed by atoms with van der Waals surface area (Å²) in [6.07, 6.45) is 7.72. The summed E-state index contributed by atoms with van der Waals surface area (Å²) in [5.74, 6) is 5.97. The Bertz CT molecular complexity index is 1040. The van der Waals surface area contributed by atoms with Crippen LogP contribution in [0.2, 0.25) is 0 Å². The molecule has 0 amide bonds. The maximum absolute atomic E-state index is 9.90. The van der Waals surface area contributed by atoms with Gasteiger partial charge in [0.05, 0.1) is 17.3 Å². The number of aliphatic hydroxyl groups is 1. The van der Waals surface area contributed by atoms with Crippen LogP contribution in [0.1, 0.15) is 31.9 Å². The van der Waals surface area contributed by atoms with E-state index in [-0.39, 0.29) is 0 Å². The smallest absolute Gasteiger partial charge is 0.120 e. The Labute approximate surface area is 154 Å². The third kappa shape index (κ3) is 3.77. The number of pyridine rings is 1. The lowest BCUT2D eigenvalue weighted by Crippen LogP contribution is -2.14. The summed E-state index contributed by atoms with van der Waals surface area (Å²) in [5, 5.41) is 14.3. The molecule has 1 aromatic carbocycles. The van der Waals surface area contributed by atoms with Gasteiger partial charge in [0.1, 0.15) is 5.60 Å². The zero-order valence-electron chi connectivity index (χ0n) is 15.3. The SMILES string of the molecule is C=C(/C=C\C)c1ccc(-c2cnn3cccc(C#CC(C)(C)O)c23)cc1. The fourth-order valence-electron chi connectivity index (χ4n) is 2.74. The van der Waals surface area contributed by atoms with Crippen LogP contribution in [0.5, 0.6) is 0 Å². The molecule has 3 aromatic rings. The number of benzene rings is 1. The van der Waals surface area contributed by atoms with Crippen molar-refractivity contribution in [2.24, 2.45) is 0 Å². The van der Waals surface area contributed by atoms with Crippen LogP contribution in [0.25, 0.3) is 22.2 Å². The number of aromatic nitrogens is 2. The number of allylic oxidation sites excluding steroid dienone is 3. The number of hydrogen-bond acceptors (Lipinski definition) is 2. The van der Waals surface area contributed by atoms with Crippen molar-refractivity contribution >= 4 is 11.1 Å². The lowest BCUT2D eigenvalue weighted by Gasteiger charge is -2.07. The molecule has 3 rings (SSSR count). The molecular weight excluding hydrogens is 320 g/mol. The average molecular weight is 342 g/mol. The molecular formula is C23H22N2O. The van der Waals surface area contributed by atoms with Crippen LogP contribution in [-0.4, -0.2) is 20.3 Å². The highest BCUT2D eigenvalue weighted by Gasteiger charge is 2.11. The fourth-order valence-corrected chi connectivity index (χ4v) is 2.74. The lowest BCUT2D eigenvalue weighted by molar-refractivity contribution is 0.143. The molecule has 1 N–H and O–H groups in total. The number of nitrogens with zero attached hydrogens (tertiary/aromatic N) is 2. The van der Waals surface area contributed by atoms with Crippen LogP contribution in [0.4, 0.5) is 0 Å². The van der Waals surface area contributed by atoms with Crippen LogP contribution in [0.3, 0.4) is 0 Å². The summed E-state index contributed by atoms with van der Waals surface area (Å²) >= 11 is 0. The van der Waals surface area contributed by atoms with Crippen LogP contribution in [0, 0.1) is 11.8 Å². The van der Waals surface area contributed by atoms with Crippen molar-refractivity contribution in [1.82, 2.24) is 9.61 Å². The van der Waals surface area contributed by atoms with Crippen molar-refractivity contribution in [3.05, 3.63) is 78.6 Å². The molecule has 0 radical (unpaired) electrons. The standard InChI is InChI=1S/C23H22N2O/c1-5-7-17(2)18-9-11-19(12-10-18)21-16-24-25-15-6-8-20(22(21)25)13-14-23(3,4)26/h5-12,15-16,26H,2H2,1,3-4H3/b7-5-. The first kappa shape index (κ1) is 17.7. The van der Waals surface area contributed by atoms with Crippen molar-refractivity contribution in [2.75, 3.05) is 0 Å². The Morgan fingerprint density at radius 1 is 1.23 bits per heavy atom. The average Bonchev–Trinajstić information content (AvgIpc) is 3.04. The number of hydrogen-bond donors (Lipinski definition) is 1. The van der Waals surface area contributed by atoms with Gasteiger partial charge in [-0.15, -0.1) is 0 Å². The van der Waals surface area contributed by atoms with Gasteiger partial charge in [-0.05, 0) is 49.6 Å². The van der Waals surface area contributed by atoms with E-state index in [1.807, 2.05) is 48.1 Å². The Morgan fingerprint density at radius 3 is 2.62 bits per heavy atom. The van der Waals surface area contributed by atoms with E-state index in [1.54, 1.807) is 13.8 Å². The lowest BCUT2D eigenvalue weighted by atomic mass is 10.0. The second-order valence-electron chi connectivity index (χ2n) is 6.68. The van der Waals surface area contributed by atoms with E-state index >= 15 is 0 Å². The van der Waals surface area contributed by atoms with E-state index < -0.39 is 5.60 Å². The fraction of sp³-hybridized carbons (Fsp3) is 0.174. The predicted molar refractivity (Wildman–Crippen MR) is 108 cm³/mol. The molecule has 0 spiro atoms. The monoisotopic (exact) mass is 342 g/mol. The van der Waals surface area contributed by atoms with Gasteiger partial charge in [-0.1, -0.05) is 54.8 Å². The van der Waals surface area contributed by atoms with Crippen molar-refractivity contribution in [3.63, 3.8) is 0 Å². The molecule has 0 bridgehead atoms. The van der Waals surface area contributed by atoms with Gasteiger partial charge in [-0.2, -0.15) is 5.10 Å². The first-order valence-corrected chi connectivity index (χ1v) is 8.53. The van der Waals surface area contributed by atoms with Crippen LogP contribution >= 0.6 is 0 Å². The minimum Gasteiger partial charge on any atom is -0.378 e. The van der Waals surface area contributed by atoms with Gasteiger partial charge in [-0.3, -0.25) is 0 Å². The van der Waals surface area contributed by atoms with Gasteiger partial charge in [0, 0.05) is 11.8 Å². The first-order chi connectivity index (χ1) is 12.4. The summed E-state index contributed by atoms with van der Waals surface area (Å²) in [4.78, 5) is 0. The van der Waals surface area contributed by atoms with E-state index in [0.29, 0.717) is 0 Å². The van der Waals surface area contributed by atoms with E-state index in [4.69, 9.17) is 0 Å². The van der Waals surface area contributed by atoms with Gasteiger partial charge < -0.3 is 5.11 Å². The summed E-state index contributed by atoms with van der Waals surface area (Å²) in [5.41, 5.74) is 4.88. The Hall–Kier alpha value is -3.09. The molecule has 130 valence electrons. The minimum absolute atomic E-state index is 0.838. The number of rotatable bonds is 3. The summed E-state index contributed by atoms with van der Waals surface area (Å²) in [6, 6.07) is 12.1. The molecule has 0 unspecified atom stereocenters. The topological polar surface area (TPSA) is 37.5 Å². The maximum atomic E-state index is 9.90. The zero-order chi connectivity index (χ0) is 18.7. The Balaban J connectivity index is 2.08. The second kappa shape index (κ2) is 7.03. The van der Waals surface area contributed by atoms with Gasteiger partial charge in [0.2, 0.25) is 0 Å². The molecule has 0 fully saturated rings. The Morgan fingerprint density at radius 2 is 1.96 bits per heavy atom. The van der Waals surface area contributed by atoms with Crippen LogP contribution in [-0.2, 0) is 0 Å². The van der Waals surface area contributed by atoms with Crippen LogP contribution in [0.15, 0.2) is 67.5 Å². The minimum atomic E-state index is -1.04. The van der Waals surface area contributed by atoms with Gasteiger partial charge in [0.25, 0.3) is 0 Å². The van der Waals surface area contributed by atoms with E-state index in [1.165, 1.54) is 0 Å². The van der Waals surface area contributed by atoms with Crippen molar-refractivity contribution in [3.8, 4) is 23.0 Å². The Kier molecular flexibility index (Phi) is 4.79. The molecule has 0 aliphatic heterocycles. The highest BCUT2D eigenvalue weighted by Crippen LogP contribution is 2.28. The molecule has 3 heteroatoms. The predicted octanol–water partition coefficient (Wildman–Crippen LogP) is 4.71. The molecule has 0 aliphatic rings. The summed E-state index contributed by atoms with van der Waals surface area (Å²) < 4.78 is 1.82. The van der Waals surface area contributed by atoms with E-state index in [0.717, 1.165) is 33.3 Å². The normalized spacial score (nSPS) is 11.5. The number of fused-ring (bicyclic) bond motifs is 1. The molecule has 0 saturated carbocycles. The molecule has 0 atom stereocenters. The van der Waals surface area contributed by atoms with Crippen molar-refractivity contribution < 1.29 is 5.11 Å². The third-order valence-electron chi connectivity index (χ3n) is 3.98. The van der Waals surface area contributed by atoms with E-state index in [2.05, 4.69) is 47.8 Å². The molecule has 3 nitrogen and oxygen atoms in total. The molecule has 2 heterocycles. The quantitative estimate of drug-likeness (QED) is 0.553. The van der Waals surface area contributed by atoms with E-state index in [9.17, 15) is 5.11 Å². The molecule has 2 aromatic heterocycles. The third-order valence-corrected chi connectivity index (χ3v) is 3.98. The van der Waals surface area contributed by atoms with Crippen molar-refractivity contribution in [2.45, 2.75) is 26.4 Å². The highest BCUT2D eigenvalue weighted by atomic mass is 16.3. The zero-order valence-corrected chi connectivity index (χ0v) is 15.3. The first-order valence-electron chi connectivity index (χ1n) is 8.53. The van der Waals surface area contributed by atoms with Crippen LogP contribution < -0.4 is 0 Å². The van der Waals surface area contributed by atoms with Gasteiger partial charge in [0.15, 0.2) is 0 Å². The second-order valence-corrected chi connectivity index (χ2v) is 6.68. The maximum Gasteiger partial charge on any atom is 0.120 e. The molecule has 0 aliphatic carbocycles. The molecule has 0 saturated heterocycles. The van der Waals surface area contributed by atoms with Crippen molar-refractivity contribution in [1.29, 1.82) is 0 Å². The van der Waals surface area contributed by atoms with Gasteiger partial charge >= 0.3 is 0 Å². The summed E-state index contributed by atoms with van der Waals surface area (Å²) in [7, 11) is 0. The summed E-state index contributed by atoms with van der Waals surface area (Å²) in [6.45, 7) is 9.40. The van der Waals surface area contributed by atoms with Gasteiger partial charge in [-0.25, -0.2) is 4.52 Å². The highest BCUT2D eigenvalue weighted by molar-refractivity contribution is 5.85.